The second kappa shape index (κ2) is 8.29. The number of benzene rings is 2. The molecule has 0 unspecified atom stereocenters. The second-order valence-corrected chi connectivity index (χ2v) is 7.91. The van der Waals surface area contributed by atoms with Crippen LogP contribution >= 0.6 is 23.1 Å². The van der Waals surface area contributed by atoms with Crippen LogP contribution in [0.25, 0.3) is 0 Å². The quantitative estimate of drug-likeness (QED) is 0.470. The van der Waals surface area contributed by atoms with E-state index in [1.54, 1.807) is 47.4 Å². The molecule has 0 bridgehead atoms. The van der Waals surface area contributed by atoms with Crippen LogP contribution in [0.2, 0.25) is 0 Å². The standard InChI is InChI=1S/C20H18N2O2S2/c1-13-11-25-20(21-13)26-12-15-3-5-17(6-4-15)19(24)22-18-9-7-16(8-10-18)14(2)23/h3-11H,12H2,1-2H3,(H,22,24). The van der Waals surface area contributed by atoms with Gasteiger partial charge in [0, 0.05) is 33.6 Å². The van der Waals surface area contributed by atoms with Crippen LogP contribution in [0.3, 0.4) is 0 Å². The average Bonchev–Trinajstić information content (AvgIpc) is 3.06. The maximum absolute atomic E-state index is 12.3. The summed E-state index contributed by atoms with van der Waals surface area (Å²) in [6.07, 6.45) is 0. The molecule has 0 aliphatic carbocycles. The van der Waals surface area contributed by atoms with E-state index in [0.717, 1.165) is 21.3 Å². The Bertz CT molecular complexity index is 916. The lowest BCUT2D eigenvalue weighted by atomic mass is 10.1. The molecule has 0 atom stereocenters. The summed E-state index contributed by atoms with van der Waals surface area (Å²) >= 11 is 3.34. The molecule has 2 aromatic carbocycles. The van der Waals surface area contributed by atoms with E-state index in [4.69, 9.17) is 0 Å². The van der Waals surface area contributed by atoms with Crippen molar-refractivity contribution in [3.05, 3.63) is 76.3 Å². The molecule has 0 fully saturated rings. The topological polar surface area (TPSA) is 59.1 Å². The summed E-state index contributed by atoms with van der Waals surface area (Å²) in [4.78, 5) is 28.1. The number of hydrogen-bond acceptors (Lipinski definition) is 5. The second-order valence-electron chi connectivity index (χ2n) is 5.83. The molecule has 0 aliphatic heterocycles. The van der Waals surface area contributed by atoms with E-state index < -0.39 is 0 Å². The van der Waals surface area contributed by atoms with Crippen molar-refractivity contribution in [3.8, 4) is 0 Å². The van der Waals surface area contributed by atoms with Gasteiger partial charge < -0.3 is 5.32 Å². The molecule has 0 aliphatic rings. The van der Waals surface area contributed by atoms with Crippen molar-refractivity contribution in [2.45, 2.75) is 23.9 Å². The summed E-state index contributed by atoms with van der Waals surface area (Å²) < 4.78 is 1.05. The van der Waals surface area contributed by atoms with Crippen molar-refractivity contribution in [1.82, 2.24) is 4.98 Å². The van der Waals surface area contributed by atoms with Crippen molar-refractivity contribution >= 4 is 40.5 Å². The Labute approximate surface area is 160 Å². The number of amides is 1. The van der Waals surface area contributed by atoms with E-state index in [1.807, 2.05) is 36.6 Å². The van der Waals surface area contributed by atoms with Crippen LogP contribution < -0.4 is 5.32 Å². The number of nitrogens with one attached hydrogen (secondary N) is 1. The monoisotopic (exact) mass is 382 g/mol. The highest BCUT2D eigenvalue weighted by Crippen LogP contribution is 2.26. The molecule has 3 rings (SSSR count). The number of rotatable bonds is 6. The molecule has 0 radical (unpaired) electrons. The van der Waals surface area contributed by atoms with Gasteiger partial charge in [-0.25, -0.2) is 4.98 Å². The van der Waals surface area contributed by atoms with Crippen LogP contribution in [0.15, 0.2) is 58.3 Å². The lowest BCUT2D eigenvalue weighted by Gasteiger charge is -2.07. The van der Waals surface area contributed by atoms with Crippen molar-refractivity contribution < 1.29 is 9.59 Å². The molecular weight excluding hydrogens is 364 g/mol. The number of thiazole rings is 1. The third-order valence-electron chi connectivity index (χ3n) is 3.73. The van der Waals surface area contributed by atoms with Gasteiger partial charge in [0.15, 0.2) is 5.78 Å². The van der Waals surface area contributed by atoms with Gasteiger partial charge in [0.25, 0.3) is 5.91 Å². The van der Waals surface area contributed by atoms with Crippen molar-refractivity contribution in [1.29, 1.82) is 0 Å². The summed E-state index contributed by atoms with van der Waals surface area (Å²) in [7, 11) is 0. The molecule has 26 heavy (non-hydrogen) atoms. The molecule has 3 aromatic rings. The maximum atomic E-state index is 12.3. The van der Waals surface area contributed by atoms with Crippen LogP contribution in [0.4, 0.5) is 5.69 Å². The highest BCUT2D eigenvalue weighted by atomic mass is 32.2. The fourth-order valence-electron chi connectivity index (χ4n) is 2.29. The highest BCUT2D eigenvalue weighted by molar-refractivity contribution is 8.00. The SMILES string of the molecule is CC(=O)c1ccc(NC(=O)c2ccc(CSc3nc(C)cs3)cc2)cc1. The summed E-state index contributed by atoms with van der Waals surface area (Å²) in [6, 6.07) is 14.4. The van der Waals surface area contributed by atoms with Gasteiger partial charge in [-0.1, -0.05) is 23.9 Å². The Kier molecular flexibility index (Phi) is 5.85. The van der Waals surface area contributed by atoms with Gasteiger partial charge in [0.2, 0.25) is 0 Å². The van der Waals surface area contributed by atoms with Crippen LogP contribution in [-0.2, 0) is 5.75 Å². The van der Waals surface area contributed by atoms with Gasteiger partial charge in [-0.3, -0.25) is 9.59 Å². The van der Waals surface area contributed by atoms with E-state index in [-0.39, 0.29) is 11.7 Å². The fourth-order valence-corrected chi connectivity index (χ4v) is 4.09. The number of ketones is 1. The first-order chi connectivity index (χ1) is 12.5. The molecule has 0 saturated carbocycles. The molecule has 132 valence electrons. The normalized spacial score (nSPS) is 10.5. The highest BCUT2D eigenvalue weighted by Gasteiger charge is 2.07. The third-order valence-corrected chi connectivity index (χ3v) is 5.94. The minimum Gasteiger partial charge on any atom is -0.322 e. The van der Waals surface area contributed by atoms with Crippen LogP contribution in [0.1, 0.15) is 38.9 Å². The summed E-state index contributed by atoms with van der Waals surface area (Å²) in [6.45, 7) is 3.50. The number of hydrogen-bond donors (Lipinski definition) is 1. The summed E-state index contributed by atoms with van der Waals surface area (Å²) in [5, 5.41) is 4.88. The lowest BCUT2D eigenvalue weighted by molar-refractivity contribution is 0.101. The zero-order valence-electron chi connectivity index (χ0n) is 14.5. The number of aryl methyl sites for hydroxylation is 1. The predicted molar refractivity (Wildman–Crippen MR) is 107 cm³/mol. The van der Waals surface area contributed by atoms with E-state index >= 15 is 0 Å². The molecule has 1 N–H and O–H groups in total. The number of nitrogens with zero attached hydrogens (tertiary/aromatic N) is 1. The lowest BCUT2D eigenvalue weighted by Crippen LogP contribution is -2.11. The minimum absolute atomic E-state index is 0.00393. The average molecular weight is 383 g/mol. The largest absolute Gasteiger partial charge is 0.322 e. The zero-order chi connectivity index (χ0) is 18.5. The number of carbonyl (C=O) groups excluding carboxylic acids is 2. The Balaban J connectivity index is 1.58. The van der Waals surface area contributed by atoms with Gasteiger partial charge >= 0.3 is 0 Å². The predicted octanol–water partition coefficient (Wildman–Crippen LogP) is 5.20. The molecule has 1 aromatic heterocycles. The molecule has 0 spiro atoms. The smallest absolute Gasteiger partial charge is 0.255 e. The van der Waals surface area contributed by atoms with Gasteiger partial charge in [0.05, 0.1) is 0 Å². The zero-order valence-corrected chi connectivity index (χ0v) is 16.1. The van der Waals surface area contributed by atoms with Crippen molar-refractivity contribution in [3.63, 3.8) is 0 Å². The Hall–Kier alpha value is -2.44. The number of aromatic nitrogens is 1. The number of thioether (sulfide) groups is 1. The van der Waals surface area contributed by atoms with Crippen molar-refractivity contribution in [2.75, 3.05) is 5.32 Å². The van der Waals surface area contributed by atoms with Gasteiger partial charge in [0.1, 0.15) is 4.34 Å². The van der Waals surface area contributed by atoms with E-state index in [2.05, 4.69) is 10.3 Å². The van der Waals surface area contributed by atoms with Crippen LogP contribution in [0.5, 0.6) is 0 Å². The first-order valence-electron chi connectivity index (χ1n) is 8.07. The van der Waals surface area contributed by atoms with Gasteiger partial charge in [-0.2, -0.15) is 0 Å². The first-order valence-corrected chi connectivity index (χ1v) is 9.94. The van der Waals surface area contributed by atoms with Crippen molar-refractivity contribution in [2.24, 2.45) is 0 Å². The number of Topliss-reactive ketones (excluding diaryl/α,β-unsaturated/α-hetero) is 1. The molecule has 1 heterocycles. The number of carbonyl (C=O) groups is 2. The Morgan fingerprint density at radius 3 is 2.27 bits per heavy atom. The Morgan fingerprint density at radius 2 is 1.69 bits per heavy atom. The first kappa shape index (κ1) is 18.4. The molecule has 4 nitrogen and oxygen atoms in total. The summed E-state index contributed by atoms with van der Waals surface area (Å²) in [5.74, 6) is 0.654. The van der Waals surface area contributed by atoms with E-state index in [0.29, 0.717) is 16.8 Å². The van der Waals surface area contributed by atoms with E-state index in [9.17, 15) is 9.59 Å². The Morgan fingerprint density at radius 1 is 1.04 bits per heavy atom. The molecule has 1 amide bonds. The third kappa shape index (κ3) is 4.80. The maximum Gasteiger partial charge on any atom is 0.255 e. The minimum atomic E-state index is -0.171. The van der Waals surface area contributed by atoms with Gasteiger partial charge in [-0.15, -0.1) is 11.3 Å². The van der Waals surface area contributed by atoms with E-state index in [1.165, 1.54) is 6.92 Å². The molecule has 0 saturated heterocycles. The number of anilines is 1. The van der Waals surface area contributed by atoms with Gasteiger partial charge in [-0.05, 0) is 55.8 Å². The molecular formula is C20H18N2O2S2. The van der Waals surface area contributed by atoms with Crippen LogP contribution in [0, 0.1) is 6.92 Å². The summed E-state index contributed by atoms with van der Waals surface area (Å²) in [5.41, 5.74) is 4.07. The molecule has 6 heteroatoms. The van der Waals surface area contributed by atoms with Crippen LogP contribution in [-0.4, -0.2) is 16.7 Å². The fraction of sp³-hybridized carbons (Fsp3) is 0.150.